The molecule has 0 atom stereocenters. The molecule has 0 unspecified atom stereocenters. The summed E-state index contributed by atoms with van der Waals surface area (Å²) in [6.45, 7) is 0. The van der Waals surface area contributed by atoms with Crippen LogP contribution in [0.1, 0.15) is 0 Å². The number of anilines is 1. The Bertz CT molecular complexity index is 771. The molecule has 1 aromatic heterocycles. The minimum Gasteiger partial charge on any atom is -0.383 e. The monoisotopic (exact) mass is 364 g/mol. The lowest BCUT2D eigenvalue weighted by atomic mass is 10.0. The molecule has 0 saturated carbocycles. The Morgan fingerprint density at radius 3 is 2.58 bits per heavy atom. The van der Waals surface area contributed by atoms with Gasteiger partial charge in [-0.2, -0.15) is 0 Å². The van der Waals surface area contributed by atoms with Gasteiger partial charge in [-0.15, -0.1) is 0 Å². The van der Waals surface area contributed by atoms with Gasteiger partial charge < -0.3 is 5.73 Å². The molecule has 2 aromatic carbocycles. The van der Waals surface area contributed by atoms with Crippen molar-refractivity contribution in [2.24, 2.45) is 0 Å². The molecule has 0 saturated heterocycles. The lowest BCUT2D eigenvalue weighted by molar-refractivity contribution is 0.628. The van der Waals surface area contributed by atoms with Crippen molar-refractivity contribution < 1.29 is 4.39 Å². The molecule has 0 fully saturated rings. The van der Waals surface area contributed by atoms with Gasteiger partial charge in [0.1, 0.15) is 11.6 Å². The zero-order valence-electron chi connectivity index (χ0n) is 9.90. The molecular weight excluding hydrogens is 354 g/mol. The second-order valence-corrected chi connectivity index (χ2v) is 5.42. The number of fused-ring (bicyclic) bond motifs is 1. The summed E-state index contributed by atoms with van der Waals surface area (Å²) in [4.78, 5) is 4.16. The molecule has 2 nitrogen and oxygen atoms in total. The van der Waals surface area contributed by atoms with E-state index in [2.05, 4.69) is 27.6 Å². The number of rotatable bonds is 1. The number of pyridine rings is 1. The van der Waals surface area contributed by atoms with E-state index in [0.29, 0.717) is 5.82 Å². The van der Waals surface area contributed by atoms with Crippen LogP contribution in [-0.4, -0.2) is 4.98 Å². The SMILES string of the molecule is Nc1ncc(I)c2ccc(-c3cccc(F)c3)cc12. The first-order valence-electron chi connectivity index (χ1n) is 5.75. The van der Waals surface area contributed by atoms with Gasteiger partial charge in [0.05, 0.1) is 0 Å². The van der Waals surface area contributed by atoms with Gasteiger partial charge in [-0.25, -0.2) is 9.37 Å². The van der Waals surface area contributed by atoms with Gasteiger partial charge in [0.15, 0.2) is 0 Å². The van der Waals surface area contributed by atoms with E-state index in [1.54, 1.807) is 12.3 Å². The maximum atomic E-state index is 13.3. The highest BCUT2D eigenvalue weighted by Crippen LogP contribution is 2.29. The van der Waals surface area contributed by atoms with Crippen LogP contribution in [0.3, 0.4) is 0 Å². The summed E-state index contributed by atoms with van der Waals surface area (Å²) in [5.74, 6) is 0.250. The van der Waals surface area contributed by atoms with Crippen LogP contribution in [0.4, 0.5) is 10.2 Å². The summed E-state index contributed by atoms with van der Waals surface area (Å²) < 4.78 is 14.3. The maximum Gasteiger partial charge on any atom is 0.131 e. The van der Waals surface area contributed by atoms with Gasteiger partial charge in [-0.1, -0.05) is 24.3 Å². The van der Waals surface area contributed by atoms with Crippen LogP contribution in [0.5, 0.6) is 0 Å². The summed E-state index contributed by atoms with van der Waals surface area (Å²) in [6, 6.07) is 12.4. The zero-order valence-corrected chi connectivity index (χ0v) is 12.1. The number of nitrogen functional groups attached to an aromatic ring is 1. The fourth-order valence-corrected chi connectivity index (χ4v) is 2.69. The molecule has 0 bridgehead atoms. The first kappa shape index (κ1) is 12.3. The predicted octanol–water partition coefficient (Wildman–Crippen LogP) is 4.23. The number of hydrogen-bond donors (Lipinski definition) is 1. The quantitative estimate of drug-likeness (QED) is 0.657. The van der Waals surface area contributed by atoms with Crippen LogP contribution in [0, 0.1) is 9.39 Å². The van der Waals surface area contributed by atoms with E-state index in [1.807, 2.05) is 24.3 Å². The highest BCUT2D eigenvalue weighted by atomic mass is 127. The molecule has 94 valence electrons. The van der Waals surface area contributed by atoms with E-state index in [-0.39, 0.29) is 5.82 Å². The van der Waals surface area contributed by atoms with Crippen molar-refractivity contribution in [3.63, 3.8) is 0 Å². The molecule has 3 rings (SSSR count). The molecule has 0 radical (unpaired) electrons. The Morgan fingerprint density at radius 2 is 1.79 bits per heavy atom. The Labute approximate surface area is 123 Å². The summed E-state index contributed by atoms with van der Waals surface area (Å²) in [7, 11) is 0. The number of hydrogen-bond acceptors (Lipinski definition) is 2. The average Bonchev–Trinajstić information content (AvgIpc) is 2.43. The van der Waals surface area contributed by atoms with Crippen LogP contribution in [0.25, 0.3) is 21.9 Å². The van der Waals surface area contributed by atoms with E-state index in [9.17, 15) is 4.39 Å². The minimum atomic E-state index is -0.244. The van der Waals surface area contributed by atoms with Crippen molar-refractivity contribution in [2.45, 2.75) is 0 Å². The summed E-state index contributed by atoms with van der Waals surface area (Å²) >= 11 is 2.23. The molecule has 0 aliphatic rings. The molecule has 4 heteroatoms. The Morgan fingerprint density at radius 1 is 1.00 bits per heavy atom. The molecular formula is C15H10FIN2. The van der Waals surface area contributed by atoms with E-state index >= 15 is 0 Å². The highest BCUT2D eigenvalue weighted by molar-refractivity contribution is 14.1. The lowest BCUT2D eigenvalue weighted by Gasteiger charge is -2.07. The molecule has 3 aromatic rings. The Balaban J connectivity index is 2.25. The van der Waals surface area contributed by atoms with Crippen molar-refractivity contribution in [2.75, 3.05) is 5.73 Å². The summed E-state index contributed by atoms with van der Waals surface area (Å²) in [5, 5.41) is 1.96. The molecule has 0 amide bonds. The van der Waals surface area contributed by atoms with Gasteiger partial charge in [-0.3, -0.25) is 0 Å². The van der Waals surface area contributed by atoms with Crippen LogP contribution >= 0.6 is 22.6 Å². The van der Waals surface area contributed by atoms with E-state index in [0.717, 1.165) is 25.5 Å². The first-order chi connectivity index (χ1) is 9.15. The molecule has 0 spiro atoms. The highest BCUT2D eigenvalue weighted by Gasteiger charge is 2.06. The molecule has 2 N–H and O–H groups in total. The van der Waals surface area contributed by atoms with Gasteiger partial charge in [-0.05, 0) is 51.9 Å². The Hall–Kier alpha value is -1.69. The summed E-state index contributed by atoms with van der Waals surface area (Å²) in [6.07, 6.45) is 1.75. The second-order valence-electron chi connectivity index (χ2n) is 4.26. The van der Waals surface area contributed by atoms with E-state index in [1.165, 1.54) is 12.1 Å². The lowest BCUT2D eigenvalue weighted by Crippen LogP contribution is -1.93. The first-order valence-corrected chi connectivity index (χ1v) is 6.83. The fourth-order valence-electron chi connectivity index (χ4n) is 2.08. The third-order valence-corrected chi connectivity index (χ3v) is 3.89. The zero-order chi connectivity index (χ0) is 13.4. The van der Waals surface area contributed by atoms with Crippen molar-refractivity contribution in [3.8, 4) is 11.1 Å². The predicted molar refractivity (Wildman–Crippen MR) is 84.3 cm³/mol. The smallest absolute Gasteiger partial charge is 0.131 e. The normalized spacial score (nSPS) is 10.8. The van der Waals surface area contributed by atoms with Crippen molar-refractivity contribution >= 4 is 39.2 Å². The fraction of sp³-hybridized carbons (Fsp3) is 0. The minimum absolute atomic E-state index is 0.244. The average molecular weight is 364 g/mol. The summed E-state index contributed by atoms with van der Waals surface area (Å²) in [5.41, 5.74) is 7.68. The third kappa shape index (κ3) is 2.28. The van der Waals surface area contributed by atoms with Gasteiger partial charge in [0, 0.05) is 20.5 Å². The number of nitrogens with zero attached hydrogens (tertiary/aromatic N) is 1. The van der Waals surface area contributed by atoms with E-state index in [4.69, 9.17) is 5.73 Å². The number of halogens is 2. The van der Waals surface area contributed by atoms with Crippen LogP contribution in [0.2, 0.25) is 0 Å². The van der Waals surface area contributed by atoms with Crippen LogP contribution < -0.4 is 5.73 Å². The van der Waals surface area contributed by atoms with E-state index < -0.39 is 0 Å². The van der Waals surface area contributed by atoms with Crippen LogP contribution in [-0.2, 0) is 0 Å². The molecule has 0 aliphatic carbocycles. The van der Waals surface area contributed by atoms with Crippen LogP contribution in [0.15, 0.2) is 48.7 Å². The Kier molecular flexibility index (Phi) is 3.10. The second kappa shape index (κ2) is 4.77. The van der Waals surface area contributed by atoms with Gasteiger partial charge >= 0.3 is 0 Å². The molecule has 19 heavy (non-hydrogen) atoms. The topological polar surface area (TPSA) is 38.9 Å². The maximum absolute atomic E-state index is 13.3. The van der Waals surface area contributed by atoms with Crippen molar-refractivity contribution in [1.82, 2.24) is 4.98 Å². The standard InChI is InChI=1S/C15H10FIN2/c16-11-3-1-2-9(6-11)10-4-5-12-13(7-10)15(18)19-8-14(12)17/h1-8H,(H2,18,19). The van der Waals surface area contributed by atoms with Crippen molar-refractivity contribution in [3.05, 3.63) is 58.0 Å². The number of benzene rings is 2. The van der Waals surface area contributed by atoms with Gasteiger partial charge in [0.25, 0.3) is 0 Å². The molecule has 1 heterocycles. The van der Waals surface area contributed by atoms with Gasteiger partial charge in [0.2, 0.25) is 0 Å². The van der Waals surface area contributed by atoms with Crippen molar-refractivity contribution in [1.29, 1.82) is 0 Å². The largest absolute Gasteiger partial charge is 0.383 e. The molecule has 0 aliphatic heterocycles. The third-order valence-electron chi connectivity index (χ3n) is 3.03. The number of aromatic nitrogens is 1. The number of nitrogens with two attached hydrogens (primary N) is 1.